The topological polar surface area (TPSA) is 85.0 Å². The highest BCUT2D eigenvalue weighted by atomic mass is 32.1. The third-order valence-corrected chi connectivity index (χ3v) is 6.03. The van der Waals surface area contributed by atoms with Gasteiger partial charge in [0.25, 0.3) is 11.8 Å². The van der Waals surface area contributed by atoms with Crippen molar-refractivity contribution >= 4 is 17.2 Å². The second kappa shape index (κ2) is 7.19. The van der Waals surface area contributed by atoms with Crippen molar-refractivity contribution in [1.82, 2.24) is 25.0 Å². The van der Waals surface area contributed by atoms with Gasteiger partial charge in [0.1, 0.15) is 5.69 Å². The second-order valence-corrected chi connectivity index (χ2v) is 8.20. The van der Waals surface area contributed by atoms with Gasteiger partial charge in [-0.1, -0.05) is 5.16 Å². The van der Waals surface area contributed by atoms with E-state index in [1.807, 2.05) is 31.7 Å². The zero-order valence-corrected chi connectivity index (χ0v) is 16.4. The number of likely N-dealkylation sites (tertiary alicyclic amines) is 1. The molecule has 1 amide bonds. The summed E-state index contributed by atoms with van der Waals surface area (Å²) in [6.07, 6.45) is 5.16. The van der Waals surface area contributed by atoms with E-state index >= 15 is 0 Å². The zero-order chi connectivity index (χ0) is 19.0. The molecule has 3 aromatic rings. The molecule has 0 saturated carbocycles. The average molecular weight is 383 g/mol. The van der Waals surface area contributed by atoms with E-state index in [0.29, 0.717) is 24.0 Å². The molecular weight excluding hydrogens is 362 g/mol. The summed E-state index contributed by atoms with van der Waals surface area (Å²) < 4.78 is 5.38. The van der Waals surface area contributed by atoms with Crippen LogP contribution in [0, 0.1) is 20.8 Å². The molecule has 1 saturated heterocycles. The highest BCUT2D eigenvalue weighted by Crippen LogP contribution is 2.29. The van der Waals surface area contributed by atoms with E-state index in [2.05, 4.69) is 20.1 Å². The van der Waals surface area contributed by atoms with Gasteiger partial charge in [-0.3, -0.25) is 9.78 Å². The summed E-state index contributed by atoms with van der Waals surface area (Å²) in [5.41, 5.74) is 2.56. The van der Waals surface area contributed by atoms with E-state index in [0.717, 1.165) is 30.0 Å². The molecule has 1 fully saturated rings. The molecule has 4 heterocycles. The van der Waals surface area contributed by atoms with Crippen LogP contribution in [-0.4, -0.2) is 44.0 Å². The molecule has 1 aliphatic rings. The maximum atomic E-state index is 12.9. The summed E-state index contributed by atoms with van der Waals surface area (Å²) in [6.45, 7) is 7.33. The Labute approximate surface area is 161 Å². The molecule has 1 aliphatic heterocycles. The number of carbonyl (C=O) groups is 1. The summed E-state index contributed by atoms with van der Waals surface area (Å²) in [6, 6.07) is 1.98. The van der Waals surface area contributed by atoms with Crippen LogP contribution in [0.3, 0.4) is 0 Å². The lowest BCUT2D eigenvalue weighted by molar-refractivity contribution is 0.0708. The maximum Gasteiger partial charge on any atom is 0.278 e. The molecule has 0 aromatic carbocycles. The number of thiophene rings is 1. The number of aromatic nitrogens is 4. The maximum absolute atomic E-state index is 12.9. The molecule has 1 atom stereocenters. The first-order chi connectivity index (χ1) is 13.0. The van der Waals surface area contributed by atoms with Gasteiger partial charge >= 0.3 is 0 Å². The van der Waals surface area contributed by atoms with Gasteiger partial charge in [0, 0.05) is 30.1 Å². The summed E-state index contributed by atoms with van der Waals surface area (Å²) >= 11 is 1.56. The van der Waals surface area contributed by atoms with Crippen molar-refractivity contribution in [3.05, 3.63) is 45.3 Å². The minimum Gasteiger partial charge on any atom is -0.337 e. The zero-order valence-electron chi connectivity index (χ0n) is 15.6. The van der Waals surface area contributed by atoms with E-state index < -0.39 is 0 Å². The largest absolute Gasteiger partial charge is 0.337 e. The van der Waals surface area contributed by atoms with E-state index in [9.17, 15) is 4.79 Å². The Morgan fingerprint density at radius 1 is 1.26 bits per heavy atom. The van der Waals surface area contributed by atoms with Crippen molar-refractivity contribution in [3.8, 4) is 11.6 Å². The van der Waals surface area contributed by atoms with E-state index in [4.69, 9.17) is 4.52 Å². The molecule has 0 bridgehead atoms. The Hall–Kier alpha value is -2.61. The molecule has 7 nitrogen and oxygen atoms in total. The number of piperidine rings is 1. The SMILES string of the molecule is Cc1cnc(-c2nc([C@@H]3CCCN(C(=O)c4cc(C)c(C)s4)C3)no2)cn1. The van der Waals surface area contributed by atoms with Gasteiger partial charge in [-0.15, -0.1) is 11.3 Å². The predicted molar refractivity (Wildman–Crippen MR) is 102 cm³/mol. The van der Waals surface area contributed by atoms with E-state index in [1.165, 1.54) is 10.4 Å². The highest BCUT2D eigenvalue weighted by molar-refractivity contribution is 7.14. The Morgan fingerprint density at radius 2 is 2.11 bits per heavy atom. The fourth-order valence-corrected chi connectivity index (χ4v) is 4.22. The molecule has 0 unspecified atom stereocenters. The van der Waals surface area contributed by atoms with Crippen LogP contribution >= 0.6 is 11.3 Å². The van der Waals surface area contributed by atoms with Gasteiger partial charge in [0.05, 0.1) is 16.8 Å². The fraction of sp³-hybridized carbons (Fsp3) is 0.421. The summed E-state index contributed by atoms with van der Waals surface area (Å²) in [5, 5.41) is 4.13. The second-order valence-electron chi connectivity index (χ2n) is 6.94. The predicted octanol–water partition coefficient (Wildman–Crippen LogP) is 3.53. The molecule has 8 heteroatoms. The van der Waals surface area contributed by atoms with Gasteiger partial charge in [-0.2, -0.15) is 4.98 Å². The van der Waals surface area contributed by atoms with Crippen LogP contribution in [0.4, 0.5) is 0 Å². The van der Waals surface area contributed by atoms with Crippen molar-refractivity contribution in [3.63, 3.8) is 0 Å². The van der Waals surface area contributed by atoms with Gasteiger partial charge in [-0.05, 0) is 45.2 Å². The lowest BCUT2D eigenvalue weighted by atomic mass is 9.97. The standard InChI is InChI=1S/C19H21N5O2S/c1-11-7-16(27-13(11)3)19(25)24-6-4-5-14(10-24)17-22-18(26-23-17)15-9-20-12(2)8-21-15/h7-9,14H,4-6,10H2,1-3H3/t14-/m1/s1. The quantitative estimate of drug-likeness (QED) is 0.688. The lowest BCUT2D eigenvalue weighted by Gasteiger charge is -2.30. The summed E-state index contributed by atoms with van der Waals surface area (Å²) in [7, 11) is 0. The molecule has 3 aromatic heterocycles. The Kier molecular flexibility index (Phi) is 4.73. The van der Waals surface area contributed by atoms with Crippen LogP contribution in [0.15, 0.2) is 23.0 Å². The molecule has 27 heavy (non-hydrogen) atoms. The number of amides is 1. The molecule has 0 aliphatic carbocycles. The number of hydrogen-bond acceptors (Lipinski definition) is 7. The van der Waals surface area contributed by atoms with Crippen molar-refractivity contribution in [2.45, 2.75) is 39.5 Å². The first-order valence-electron chi connectivity index (χ1n) is 9.00. The van der Waals surface area contributed by atoms with Crippen LogP contribution < -0.4 is 0 Å². The average Bonchev–Trinajstić information content (AvgIpc) is 3.29. The molecule has 4 rings (SSSR count). The van der Waals surface area contributed by atoms with Crippen molar-refractivity contribution in [2.24, 2.45) is 0 Å². The molecular formula is C19H21N5O2S. The van der Waals surface area contributed by atoms with Crippen molar-refractivity contribution < 1.29 is 9.32 Å². The molecule has 0 spiro atoms. The molecule has 140 valence electrons. The van der Waals surface area contributed by atoms with Gasteiger partial charge in [0.2, 0.25) is 0 Å². The highest BCUT2D eigenvalue weighted by Gasteiger charge is 2.29. The minimum absolute atomic E-state index is 0.0702. The molecule has 0 radical (unpaired) electrons. The van der Waals surface area contributed by atoms with Crippen LogP contribution in [0.25, 0.3) is 11.6 Å². The third kappa shape index (κ3) is 3.62. The van der Waals surface area contributed by atoms with Crippen LogP contribution in [0.5, 0.6) is 0 Å². The van der Waals surface area contributed by atoms with E-state index in [1.54, 1.807) is 23.7 Å². The normalized spacial score (nSPS) is 17.3. The number of hydrogen-bond donors (Lipinski definition) is 0. The lowest BCUT2D eigenvalue weighted by Crippen LogP contribution is -2.39. The number of carbonyl (C=O) groups excluding carboxylic acids is 1. The first-order valence-corrected chi connectivity index (χ1v) is 9.82. The monoisotopic (exact) mass is 383 g/mol. The number of rotatable bonds is 3. The molecule has 0 N–H and O–H groups in total. The summed E-state index contributed by atoms with van der Waals surface area (Å²) in [4.78, 5) is 29.7. The number of nitrogens with zero attached hydrogens (tertiary/aromatic N) is 5. The van der Waals surface area contributed by atoms with Crippen LogP contribution in [0.2, 0.25) is 0 Å². The van der Waals surface area contributed by atoms with Gasteiger partial charge < -0.3 is 9.42 Å². The van der Waals surface area contributed by atoms with Gasteiger partial charge in [0.15, 0.2) is 5.82 Å². The summed E-state index contributed by atoms with van der Waals surface area (Å²) in [5.74, 6) is 1.16. The van der Waals surface area contributed by atoms with Gasteiger partial charge in [-0.25, -0.2) is 4.98 Å². The first kappa shape index (κ1) is 17.8. The minimum atomic E-state index is 0.0702. The Bertz CT molecular complexity index is 943. The Balaban J connectivity index is 1.50. The van der Waals surface area contributed by atoms with Crippen molar-refractivity contribution in [2.75, 3.05) is 13.1 Å². The number of aryl methyl sites for hydroxylation is 3. The van der Waals surface area contributed by atoms with Crippen molar-refractivity contribution in [1.29, 1.82) is 0 Å². The Morgan fingerprint density at radius 3 is 2.81 bits per heavy atom. The third-order valence-electron chi connectivity index (χ3n) is 4.89. The fourth-order valence-electron chi connectivity index (χ4n) is 3.21. The van der Waals surface area contributed by atoms with Crippen LogP contribution in [0.1, 0.15) is 50.4 Å². The smallest absolute Gasteiger partial charge is 0.278 e. The van der Waals surface area contributed by atoms with Crippen LogP contribution in [-0.2, 0) is 0 Å². The van der Waals surface area contributed by atoms with E-state index in [-0.39, 0.29) is 11.8 Å².